The number of sulfonamides is 1. The van der Waals surface area contributed by atoms with E-state index in [2.05, 4.69) is 36.8 Å². The van der Waals surface area contributed by atoms with Crippen LogP contribution >= 0.6 is 0 Å². The van der Waals surface area contributed by atoms with Gasteiger partial charge in [-0.1, -0.05) is 43.0 Å². The minimum atomic E-state index is -3.59. The predicted molar refractivity (Wildman–Crippen MR) is 161 cm³/mol. The third kappa shape index (κ3) is 8.42. The average molecular weight is 570 g/mol. The number of morpholine rings is 1. The van der Waals surface area contributed by atoms with E-state index in [0.29, 0.717) is 55.0 Å². The van der Waals surface area contributed by atoms with Crippen LogP contribution in [-0.4, -0.2) is 70.7 Å². The van der Waals surface area contributed by atoms with Crippen LogP contribution in [-0.2, 0) is 14.8 Å². The zero-order valence-corrected chi connectivity index (χ0v) is 24.4. The maximum absolute atomic E-state index is 13.1. The van der Waals surface area contributed by atoms with Crippen LogP contribution in [0.1, 0.15) is 39.5 Å². The molecule has 5 N–H and O–H groups in total. The standard InChI is InChI=1S/C29H43N7O3S/c1-21(2)33-29(34-22(3)36-15-17-39-18-16-36)35-28(30)31-19-23-11-13-24(14-12-23)20-32-40(37,38)27-10-6-8-25-7-4-5-9-26(25)27/h4-10,21,23-24,32H,3,11-20H2,1-2H3,(H4,30,31,33,34,35). The van der Waals surface area contributed by atoms with Gasteiger partial charge in [0, 0.05) is 37.6 Å². The van der Waals surface area contributed by atoms with Gasteiger partial charge in [-0.25, -0.2) is 18.1 Å². The number of guanidine groups is 2. The summed E-state index contributed by atoms with van der Waals surface area (Å²) in [4.78, 5) is 11.6. The fourth-order valence-corrected chi connectivity index (χ4v) is 6.49. The molecule has 0 bridgehead atoms. The van der Waals surface area contributed by atoms with E-state index in [4.69, 9.17) is 10.5 Å². The summed E-state index contributed by atoms with van der Waals surface area (Å²) in [5.41, 5.74) is 6.22. The Morgan fingerprint density at radius 1 is 1.05 bits per heavy atom. The van der Waals surface area contributed by atoms with Gasteiger partial charge in [0.1, 0.15) is 5.82 Å². The highest BCUT2D eigenvalue weighted by atomic mass is 32.2. The number of hydrogen-bond donors (Lipinski definition) is 4. The Bertz CT molecular complexity index is 1310. The Labute approximate surface area is 238 Å². The number of nitrogens with one attached hydrogen (secondary N) is 3. The molecule has 1 aliphatic carbocycles. The number of aliphatic imine (C=N–C) groups is 2. The van der Waals surface area contributed by atoms with Crippen LogP contribution in [0.4, 0.5) is 0 Å². The second-order valence-electron chi connectivity index (χ2n) is 10.8. The number of benzene rings is 2. The molecular weight excluding hydrogens is 526 g/mol. The molecule has 2 fully saturated rings. The number of hydrogen-bond acceptors (Lipinski definition) is 6. The van der Waals surface area contributed by atoms with Crippen molar-refractivity contribution in [3.8, 4) is 0 Å². The molecule has 2 aromatic rings. The fraction of sp³-hybridized carbons (Fsp3) is 0.517. The van der Waals surface area contributed by atoms with Gasteiger partial charge in [0.25, 0.3) is 0 Å². The maximum atomic E-state index is 13.1. The largest absolute Gasteiger partial charge is 0.378 e. The second-order valence-corrected chi connectivity index (χ2v) is 12.5. The highest BCUT2D eigenvalue weighted by Crippen LogP contribution is 2.29. The van der Waals surface area contributed by atoms with Gasteiger partial charge in [-0.05, 0) is 62.8 Å². The van der Waals surface area contributed by atoms with Crippen molar-refractivity contribution >= 4 is 32.7 Å². The van der Waals surface area contributed by atoms with E-state index in [9.17, 15) is 8.42 Å². The van der Waals surface area contributed by atoms with Crippen molar-refractivity contribution in [3.63, 3.8) is 0 Å². The van der Waals surface area contributed by atoms with E-state index in [1.807, 2.05) is 44.2 Å². The van der Waals surface area contributed by atoms with Gasteiger partial charge in [0.2, 0.25) is 16.0 Å². The van der Waals surface area contributed by atoms with E-state index >= 15 is 0 Å². The first kappa shape index (κ1) is 29.8. The van der Waals surface area contributed by atoms with E-state index in [-0.39, 0.29) is 6.04 Å². The molecule has 1 aliphatic heterocycles. The number of nitrogens with zero attached hydrogens (tertiary/aromatic N) is 3. The molecule has 0 amide bonds. The molecule has 0 radical (unpaired) electrons. The molecule has 11 heteroatoms. The van der Waals surface area contributed by atoms with E-state index in [1.165, 1.54) is 0 Å². The lowest BCUT2D eigenvalue weighted by Crippen LogP contribution is -2.49. The lowest BCUT2D eigenvalue weighted by Gasteiger charge is -2.31. The van der Waals surface area contributed by atoms with Crippen molar-refractivity contribution < 1.29 is 13.2 Å². The van der Waals surface area contributed by atoms with Crippen LogP contribution in [0.3, 0.4) is 0 Å². The molecule has 1 saturated carbocycles. The summed E-state index contributed by atoms with van der Waals surface area (Å²) in [5, 5.41) is 8.00. The number of fused-ring (bicyclic) bond motifs is 1. The first-order valence-electron chi connectivity index (χ1n) is 14.1. The Hall–Kier alpha value is -3.15. The van der Waals surface area contributed by atoms with Gasteiger partial charge < -0.3 is 20.7 Å². The Kier molecular flexibility index (Phi) is 10.4. The van der Waals surface area contributed by atoms with Crippen molar-refractivity contribution in [1.29, 1.82) is 0 Å². The molecule has 0 aromatic heterocycles. The van der Waals surface area contributed by atoms with Gasteiger partial charge >= 0.3 is 0 Å². The lowest BCUT2D eigenvalue weighted by atomic mass is 9.82. The zero-order valence-electron chi connectivity index (χ0n) is 23.6. The molecule has 4 rings (SSSR count). The van der Waals surface area contributed by atoms with E-state index < -0.39 is 10.0 Å². The SMILES string of the molecule is C=C(NC(=NC(C)C)NC(N)=NCC1CCC(CNS(=O)(=O)c2cccc3ccccc23)CC1)N1CCOCC1. The van der Waals surface area contributed by atoms with Gasteiger partial charge in [0.05, 0.1) is 18.1 Å². The molecular formula is C29H43N7O3S. The molecule has 2 aliphatic rings. The monoisotopic (exact) mass is 569 g/mol. The number of rotatable bonds is 9. The number of ether oxygens (including phenoxy) is 1. The van der Waals surface area contributed by atoms with Gasteiger partial charge in [-0.2, -0.15) is 0 Å². The minimum absolute atomic E-state index is 0.0635. The fourth-order valence-electron chi connectivity index (χ4n) is 5.14. The zero-order chi connectivity index (χ0) is 28.5. The normalized spacial score (nSPS) is 21.0. The Morgan fingerprint density at radius 3 is 2.45 bits per heavy atom. The smallest absolute Gasteiger partial charge is 0.241 e. The summed E-state index contributed by atoms with van der Waals surface area (Å²) in [5.74, 6) is 2.30. The molecule has 2 aromatic carbocycles. The molecule has 1 heterocycles. The highest BCUT2D eigenvalue weighted by Gasteiger charge is 2.24. The van der Waals surface area contributed by atoms with E-state index in [0.717, 1.165) is 55.4 Å². The van der Waals surface area contributed by atoms with Gasteiger partial charge in [-0.3, -0.25) is 10.3 Å². The number of nitrogens with two attached hydrogens (primary N) is 1. The average Bonchev–Trinajstić information content (AvgIpc) is 2.95. The summed E-state index contributed by atoms with van der Waals surface area (Å²) in [6.07, 6.45) is 3.87. The first-order valence-corrected chi connectivity index (χ1v) is 15.6. The van der Waals surface area contributed by atoms with Gasteiger partial charge in [-0.15, -0.1) is 0 Å². The summed E-state index contributed by atoms with van der Waals surface area (Å²) < 4.78 is 34.4. The molecule has 10 nitrogen and oxygen atoms in total. The van der Waals surface area contributed by atoms with Crippen molar-refractivity contribution in [2.24, 2.45) is 27.6 Å². The van der Waals surface area contributed by atoms with Crippen LogP contribution in [0.2, 0.25) is 0 Å². The quantitative estimate of drug-likeness (QED) is 0.270. The van der Waals surface area contributed by atoms with Crippen LogP contribution in [0.5, 0.6) is 0 Å². The molecule has 40 heavy (non-hydrogen) atoms. The van der Waals surface area contributed by atoms with Gasteiger partial charge in [0.15, 0.2) is 5.96 Å². The molecule has 1 saturated heterocycles. The van der Waals surface area contributed by atoms with Crippen molar-refractivity contribution in [1.82, 2.24) is 20.3 Å². The molecule has 218 valence electrons. The maximum Gasteiger partial charge on any atom is 0.241 e. The summed E-state index contributed by atoms with van der Waals surface area (Å²) >= 11 is 0. The van der Waals surface area contributed by atoms with Crippen LogP contribution < -0.4 is 21.1 Å². The highest BCUT2D eigenvalue weighted by molar-refractivity contribution is 7.89. The van der Waals surface area contributed by atoms with Crippen LogP contribution in [0, 0.1) is 11.8 Å². The summed E-state index contributed by atoms with van der Waals surface area (Å²) in [7, 11) is -3.59. The van der Waals surface area contributed by atoms with Crippen molar-refractivity contribution in [3.05, 3.63) is 54.9 Å². The first-order chi connectivity index (χ1) is 19.2. The Morgan fingerprint density at radius 2 is 1.73 bits per heavy atom. The third-order valence-corrected chi connectivity index (χ3v) is 8.86. The topological polar surface area (TPSA) is 133 Å². The van der Waals surface area contributed by atoms with E-state index in [1.54, 1.807) is 12.1 Å². The van der Waals surface area contributed by atoms with Crippen molar-refractivity contribution in [2.45, 2.75) is 50.5 Å². The Balaban J connectivity index is 1.24. The van der Waals surface area contributed by atoms with Crippen molar-refractivity contribution in [2.75, 3.05) is 39.4 Å². The third-order valence-electron chi connectivity index (χ3n) is 7.38. The summed E-state index contributed by atoms with van der Waals surface area (Å²) in [6.45, 7) is 12.1. The molecule has 0 unspecified atom stereocenters. The lowest BCUT2D eigenvalue weighted by molar-refractivity contribution is 0.0519. The molecule has 0 atom stereocenters. The predicted octanol–water partition coefficient (Wildman–Crippen LogP) is 2.99. The van der Waals surface area contributed by atoms with Crippen LogP contribution in [0.25, 0.3) is 10.8 Å². The second kappa shape index (κ2) is 14.0. The summed E-state index contributed by atoms with van der Waals surface area (Å²) in [6, 6.07) is 13.0. The minimum Gasteiger partial charge on any atom is -0.378 e. The molecule has 0 spiro atoms. The van der Waals surface area contributed by atoms with Crippen LogP contribution in [0.15, 0.2) is 69.7 Å².